The monoisotopic (exact) mass is 366 g/mol. The van der Waals surface area contributed by atoms with Gasteiger partial charge in [-0.1, -0.05) is 30.3 Å². The van der Waals surface area contributed by atoms with Crippen LogP contribution in [0.15, 0.2) is 36.5 Å². The van der Waals surface area contributed by atoms with Gasteiger partial charge in [-0.3, -0.25) is 9.59 Å². The molecule has 27 heavy (non-hydrogen) atoms. The maximum absolute atomic E-state index is 12.9. The third-order valence-electron chi connectivity index (χ3n) is 4.98. The van der Waals surface area contributed by atoms with E-state index in [4.69, 9.17) is 0 Å². The van der Waals surface area contributed by atoms with Crippen LogP contribution in [0.25, 0.3) is 0 Å². The van der Waals surface area contributed by atoms with Crippen molar-refractivity contribution < 1.29 is 9.59 Å². The molecule has 2 heterocycles. The number of carbonyl (C=O) groups excluding carboxylic acids is 2. The minimum absolute atomic E-state index is 0.0879. The zero-order valence-electron chi connectivity index (χ0n) is 16.2. The molecule has 0 N–H and O–H groups in total. The smallest absolute Gasteiger partial charge is 0.257 e. The van der Waals surface area contributed by atoms with Crippen molar-refractivity contribution in [3.63, 3.8) is 0 Å². The van der Waals surface area contributed by atoms with Crippen molar-refractivity contribution in [1.29, 1.82) is 0 Å². The number of piperidine rings is 1. The Morgan fingerprint density at radius 2 is 1.96 bits per heavy atom. The van der Waals surface area contributed by atoms with Gasteiger partial charge >= 0.3 is 0 Å². The van der Waals surface area contributed by atoms with Gasteiger partial charge in [0.1, 0.15) is 5.78 Å². The number of aromatic nitrogens is 2. The standard InChI is InChI=1S/C21H26N4O2/c1-15-18(13-22-21(23-15)24(2)3)20(27)25-11-7-10-17(14-25)19(26)12-16-8-5-4-6-9-16/h4-6,8-9,13,17H,7,10-12,14H2,1-3H3/t17-/m0/s1. The summed E-state index contributed by atoms with van der Waals surface area (Å²) in [4.78, 5) is 37.9. The Morgan fingerprint density at radius 3 is 2.63 bits per heavy atom. The molecule has 1 aromatic heterocycles. The first-order chi connectivity index (χ1) is 13.0. The van der Waals surface area contributed by atoms with Crippen LogP contribution < -0.4 is 4.90 Å². The van der Waals surface area contributed by atoms with Crippen LogP contribution in [0.4, 0.5) is 5.95 Å². The predicted molar refractivity (Wildman–Crippen MR) is 105 cm³/mol. The van der Waals surface area contributed by atoms with E-state index in [1.54, 1.807) is 16.0 Å². The SMILES string of the molecule is Cc1nc(N(C)C)ncc1C(=O)N1CCC[C@H](C(=O)Cc2ccccc2)C1. The van der Waals surface area contributed by atoms with E-state index in [0.29, 0.717) is 36.7 Å². The third-order valence-corrected chi connectivity index (χ3v) is 4.98. The van der Waals surface area contributed by atoms with E-state index in [1.165, 1.54) is 0 Å². The van der Waals surface area contributed by atoms with E-state index < -0.39 is 0 Å². The summed E-state index contributed by atoms with van der Waals surface area (Å²) >= 11 is 0. The number of likely N-dealkylation sites (tertiary alicyclic amines) is 1. The van der Waals surface area contributed by atoms with Crippen molar-refractivity contribution in [2.45, 2.75) is 26.2 Å². The summed E-state index contributed by atoms with van der Waals surface area (Å²) in [6, 6.07) is 9.77. The zero-order chi connectivity index (χ0) is 19.4. The molecule has 1 saturated heterocycles. The molecule has 1 aliphatic heterocycles. The van der Waals surface area contributed by atoms with E-state index in [0.717, 1.165) is 18.4 Å². The van der Waals surface area contributed by atoms with Crippen molar-refractivity contribution in [3.8, 4) is 0 Å². The molecule has 3 rings (SSSR count). The number of Topliss-reactive ketones (excluding diaryl/α,β-unsaturated/α-hetero) is 1. The summed E-state index contributed by atoms with van der Waals surface area (Å²) in [5.41, 5.74) is 2.20. The van der Waals surface area contributed by atoms with Crippen LogP contribution in [0.2, 0.25) is 0 Å². The molecule has 0 radical (unpaired) electrons. The maximum Gasteiger partial charge on any atom is 0.257 e. The average Bonchev–Trinajstić information content (AvgIpc) is 2.68. The van der Waals surface area contributed by atoms with Crippen LogP contribution in [-0.4, -0.2) is 53.7 Å². The summed E-state index contributed by atoms with van der Waals surface area (Å²) in [6.45, 7) is 2.96. The fourth-order valence-corrected chi connectivity index (χ4v) is 3.42. The Morgan fingerprint density at radius 1 is 1.22 bits per heavy atom. The van der Waals surface area contributed by atoms with Gasteiger partial charge in [0, 0.05) is 45.7 Å². The number of hydrogen-bond donors (Lipinski definition) is 0. The summed E-state index contributed by atoms with van der Waals surface area (Å²) < 4.78 is 0. The quantitative estimate of drug-likeness (QED) is 0.813. The molecule has 0 saturated carbocycles. The van der Waals surface area contributed by atoms with Gasteiger partial charge < -0.3 is 9.80 Å². The van der Waals surface area contributed by atoms with E-state index in [-0.39, 0.29) is 17.6 Å². The molecule has 1 atom stereocenters. The van der Waals surface area contributed by atoms with Gasteiger partial charge in [0.05, 0.1) is 11.3 Å². The Bertz CT molecular complexity index is 820. The number of rotatable bonds is 5. The number of nitrogens with zero attached hydrogens (tertiary/aromatic N) is 4. The second-order valence-corrected chi connectivity index (χ2v) is 7.28. The molecule has 6 heteroatoms. The highest BCUT2D eigenvalue weighted by molar-refractivity contribution is 5.95. The lowest BCUT2D eigenvalue weighted by atomic mass is 9.90. The third kappa shape index (κ3) is 4.51. The minimum Gasteiger partial charge on any atom is -0.347 e. The van der Waals surface area contributed by atoms with Crippen LogP contribution in [0.1, 0.15) is 34.5 Å². The van der Waals surface area contributed by atoms with Gasteiger partial charge in [0.2, 0.25) is 5.95 Å². The summed E-state index contributed by atoms with van der Waals surface area (Å²) in [5, 5.41) is 0. The number of hydrogen-bond acceptors (Lipinski definition) is 5. The predicted octanol–water partition coefficient (Wildman–Crippen LogP) is 2.52. The average molecular weight is 366 g/mol. The number of carbonyl (C=O) groups is 2. The van der Waals surface area contributed by atoms with E-state index in [2.05, 4.69) is 9.97 Å². The van der Waals surface area contributed by atoms with Crippen molar-refractivity contribution in [1.82, 2.24) is 14.9 Å². The highest BCUT2D eigenvalue weighted by Gasteiger charge is 2.29. The maximum atomic E-state index is 12.9. The van der Waals surface area contributed by atoms with Crippen LogP contribution in [0.3, 0.4) is 0 Å². The highest BCUT2D eigenvalue weighted by Crippen LogP contribution is 2.22. The van der Waals surface area contributed by atoms with Gasteiger partial charge in [0.25, 0.3) is 5.91 Å². The van der Waals surface area contributed by atoms with E-state index in [1.807, 2.05) is 51.4 Å². The molecule has 2 aromatic rings. The number of benzene rings is 1. The van der Waals surface area contributed by atoms with Gasteiger partial charge in [-0.2, -0.15) is 0 Å². The van der Waals surface area contributed by atoms with Crippen LogP contribution >= 0.6 is 0 Å². The fourth-order valence-electron chi connectivity index (χ4n) is 3.42. The van der Waals surface area contributed by atoms with Crippen molar-refractivity contribution in [2.75, 3.05) is 32.1 Å². The molecule has 1 amide bonds. The van der Waals surface area contributed by atoms with Crippen LogP contribution in [0.5, 0.6) is 0 Å². The van der Waals surface area contributed by atoms with Gasteiger partial charge in [-0.15, -0.1) is 0 Å². The largest absolute Gasteiger partial charge is 0.347 e. The zero-order valence-corrected chi connectivity index (χ0v) is 16.2. The van der Waals surface area contributed by atoms with Crippen molar-refractivity contribution in [3.05, 3.63) is 53.3 Å². The first-order valence-electron chi connectivity index (χ1n) is 9.32. The topological polar surface area (TPSA) is 66.4 Å². The number of ketones is 1. The second kappa shape index (κ2) is 8.29. The first kappa shape index (κ1) is 19.0. The first-order valence-corrected chi connectivity index (χ1v) is 9.32. The van der Waals surface area contributed by atoms with Crippen molar-refractivity contribution in [2.24, 2.45) is 5.92 Å². The van der Waals surface area contributed by atoms with Crippen molar-refractivity contribution >= 4 is 17.6 Å². The molecular formula is C21H26N4O2. The summed E-state index contributed by atoms with van der Waals surface area (Å²) in [7, 11) is 3.73. The number of anilines is 1. The lowest BCUT2D eigenvalue weighted by molar-refractivity contribution is -0.123. The fraction of sp³-hybridized carbons (Fsp3) is 0.429. The lowest BCUT2D eigenvalue weighted by Gasteiger charge is -2.32. The molecule has 0 bridgehead atoms. The Balaban J connectivity index is 1.68. The Kier molecular flexibility index (Phi) is 5.84. The van der Waals surface area contributed by atoms with E-state index in [9.17, 15) is 9.59 Å². The van der Waals surface area contributed by atoms with Crippen LogP contribution in [-0.2, 0) is 11.2 Å². The van der Waals surface area contributed by atoms with Gasteiger partial charge in [0.15, 0.2) is 0 Å². The molecule has 0 aliphatic carbocycles. The molecule has 142 valence electrons. The highest BCUT2D eigenvalue weighted by atomic mass is 16.2. The Labute approximate surface area is 160 Å². The molecular weight excluding hydrogens is 340 g/mol. The molecule has 1 aromatic carbocycles. The van der Waals surface area contributed by atoms with Gasteiger partial charge in [-0.25, -0.2) is 9.97 Å². The second-order valence-electron chi connectivity index (χ2n) is 7.28. The van der Waals surface area contributed by atoms with E-state index >= 15 is 0 Å². The summed E-state index contributed by atoms with van der Waals surface area (Å²) in [6.07, 6.45) is 3.69. The molecule has 1 aliphatic rings. The number of aryl methyl sites for hydroxylation is 1. The minimum atomic E-state index is -0.106. The lowest BCUT2D eigenvalue weighted by Crippen LogP contribution is -2.43. The van der Waals surface area contributed by atoms with Gasteiger partial charge in [-0.05, 0) is 25.3 Å². The van der Waals surface area contributed by atoms with Crippen LogP contribution in [0, 0.1) is 12.8 Å². The molecule has 0 unspecified atom stereocenters. The molecule has 1 fully saturated rings. The normalized spacial score (nSPS) is 16.9. The summed E-state index contributed by atoms with van der Waals surface area (Å²) in [5.74, 6) is 0.591. The molecule has 6 nitrogen and oxygen atoms in total. The molecule has 0 spiro atoms. The Hall–Kier alpha value is -2.76. The number of amides is 1.